The maximum Gasteiger partial charge on any atom is 0.0642 e. The van der Waals surface area contributed by atoms with Gasteiger partial charge in [-0.1, -0.05) is 158 Å². The smallest absolute Gasteiger partial charge is 0.0642 e. The lowest BCUT2D eigenvalue weighted by molar-refractivity contribution is 1.24. The van der Waals surface area contributed by atoms with Gasteiger partial charge in [-0.3, -0.25) is 0 Å². The minimum Gasteiger partial charge on any atom is -0.310 e. The largest absolute Gasteiger partial charge is 0.310 e. The van der Waals surface area contributed by atoms with Crippen LogP contribution in [0.3, 0.4) is 0 Å². The maximum absolute atomic E-state index is 2.64. The summed E-state index contributed by atoms with van der Waals surface area (Å²) in [5.41, 5.74) is 26.5. The molecule has 0 saturated carbocycles. The number of para-hydroxylation sites is 4. The quantitative estimate of drug-likeness (QED) is 0.151. The van der Waals surface area contributed by atoms with E-state index in [1.165, 1.54) is 143 Å². The van der Waals surface area contributed by atoms with Gasteiger partial charge in [0.15, 0.2) is 0 Å². The summed E-state index contributed by atoms with van der Waals surface area (Å²) >= 11 is 0. The second-order valence-corrected chi connectivity index (χ2v) is 21.3. The van der Waals surface area contributed by atoms with Gasteiger partial charge in [0.1, 0.15) is 0 Å². The van der Waals surface area contributed by atoms with E-state index in [1.54, 1.807) is 0 Å². The topological polar surface area (TPSA) is 15.3 Å². The van der Waals surface area contributed by atoms with Crippen LogP contribution in [0.15, 0.2) is 218 Å². The number of aryl methyl sites for hydroxylation is 6. The van der Waals surface area contributed by atoms with Crippen LogP contribution in [0.4, 0.5) is 34.1 Å². The summed E-state index contributed by atoms with van der Waals surface area (Å²) in [7, 11) is 0. The van der Waals surface area contributed by atoms with Crippen LogP contribution in [-0.2, 0) is 0 Å². The third-order valence-corrected chi connectivity index (χ3v) is 16.3. The lowest BCUT2D eigenvalue weighted by atomic mass is 9.89. The third-order valence-electron chi connectivity index (χ3n) is 16.3. The van der Waals surface area contributed by atoms with Crippen molar-refractivity contribution in [2.24, 2.45) is 0 Å². The van der Waals surface area contributed by atoms with Gasteiger partial charge in [-0.2, -0.15) is 0 Å². The summed E-state index contributed by atoms with van der Waals surface area (Å²) in [6, 6.07) is 81.9. The van der Waals surface area contributed by atoms with Gasteiger partial charge in [0.05, 0.1) is 44.5 Å². The first-order valence-electron chi connectivity index (χ1n) is 26.6. The fourth-order valence-electron chi connectivity index (χ4n) is 13.5. The minimum atomic E-state index is 1.15. The highest BCUT2D eigenvalue weighted by Gasteiger charge is 2.33. The van der Waals surface area contributed by atoms with Crippen LogP contribution in [0.25, 0.3) is 98.4 Å². The van der Waals surface area contributed by atoms with Crippen molar-refractivity contribution in [2.75, 3.05) is 9.80 Å². The van der Waals surface area contributed by atoms with Crippen molar-refractivity contribution < 1.29 is 0 Å². The van der Waals surface area contributed by atoms with Crippen LogP contribution in [0.5, 0.6) is 0 Å². The van der Waals surface area contributed by atoms with E-state index in [2.05, 4.69) is 279 Å². The monoisotopic (exact) mass is 974 g/mol. The van der Waals surface area contributed by atoms with Gasteiger partial charge in [0.2, 0.25) is 0 Å². The molecule has 15 rings (SSSR count). The lowest BCUT2D eigenvalue weighted by Crippen LogP contribution is -2.12. The van der Waals surface area contributed by atoms with Crippen LogP contribution < -0.4 is 9.80 Å². The maximum atomic E-state index is 2.64. The van der Waals surface area contributed by atoms with Crippen LogP contribution in [-0.4, -0.2) is 8.80 Å². The molecule has 0 unspecified atom stereocenters. The Morgan fingerprint density at radius 3 is 1.03 bits per heavy atom. The Kier molecular flexibility index (Phi) is 9.62. The molecule has 0 bridgehead atoms. The molecule has 362 valence electrons. The third kappa shape index (κ3) is 6.25. The molecule has 0 fully saturated rings. The minimum absolute atomic E-state index is 1.15. The molecule has 4 nitrogen and oxygen atoms in total. The molecule has 0 radical (unpaired) electrons. The zero-order chi connectivity index (χ0) is 51.1. The molecule has 4 aromatic heterocycles. The summed E-state index contributed by atoms with van der Waals surface area (Å²) in [6.45, 7) is 13.3. The van der Waals surface area contributed by atoms with Crippen LogP contribution >= 0.6 is 0 Å². The van der Waals surface area contributed by atoms with Crippen molar-refractivity contribution in [3.05, 3.63) is 252 Å². The van der Waals surface area contributed by atoms with Gasteiger partial charge in [0, 0.05) is 77.0 Å². The van der Waals surface area contributed by atoms with Crippen molar-refractivity contribution in [3.63, 3.8) is 0 Å². The zero-order valence-electron chi connectivity index (χ0n) is 43.6. The van der Waals surface area contributed by atoms with Crippen LogP contribution in [0, 0.1) is 41.5 Å². The van der Waals surface area contributed by atoms with Crippen molar-refractivity contribution in [2.45, 2.75) is 41.5 Å². The number of rotatable bonds is 8. The van der Waals surface area contributed by atoms with Crippen molar-refractivity contribution in [1.82, 2.24) is 8.80 Å². The van der Waals surface area contributed by atoms with E-state index in [9.17, 15) is 0 Å². The second kappa shape index (κ2) is 16.6. The number of fused-ring (bicyclic) bond motifs is 12. The van der Waals surface area contributed by atoms with Gasteiger partial charge < -0.3 is 18.6 Å². The Hall–Kier alpha value is -9.38. The Labute approximate surface area is 442 Å². The number of benzene rings is 11. The highest BCUT2D eigenvalue weighted by atomic mass is 15.2. The molecule has 0 aliphatic rings. The highest BCUT2D eigenvalue weighted by molar-refractivity contribution is 6.39. The van der Waals surface area contributed by atoms with Crippen LogP contribution in [0.2, 0.25) is 0 Å². The molecule has 0 amide bonds. The number of hydrogen-bond donors (Lipinski definition) is 0. The Balaban J connectivity index is 1.17. The summed E-state index contributed by atoms with van der Waals surface area (Å²) in [5, 5.41) is 9.93. The average molecular weight is 975 g/mol. The number of aromatic nitrogens is 2. The molecule has 15 aromatic rings. The number of hydrogen-bond acceptors (Lipinski definition) is 2. The highest BCUT2D eigenvalue weighted by Crippen LogP contribution is 2.57. The fourth-order valence-corrected chi connectivity index (χ4v) is 13.5. The summed E-state index contributed by atoms with van der Waals surface area (Å²) in [5.74, 6) is 0. The second-order valence-electron chi connectivity index (χ2n) is 21.3. The van der Waals surface area contributed by atoms with Gasteiger partial charge in [-0.15, -0.1) is 0 Å². The standard InChI is InChI=1S/C72H54N4/c1-43-37-44(2)40-51(39-43)73(57-29-17-13-21-47(57)5)61-35-33-55-67-63(49-23-9-7-10-24-49)72-68(64(50-25-11-8-12-26-50)71(67)75-59-31-19-15-27-53(59)65(61)69(55)75)56-34-36-62(66-54-28-16-20-32-60(54)76(72)70(56)66)74(58-30-18-14-22-48(58)6)52-41-45(3)38-46(4)42-52/h7-42H,1-6H3. The molecule has 0 atom stereocenters. The molecule has 0 saturated heterocycles. The predicted molar refractivity (Wildman–Crippen MR) is 324 cm³/mol. The predicted octanol–water partition coefficient (Wildman–Crippen LogP) is 20.1. The van der Waals surface area contributed by atoms with E-state index in [0.29, 0.717) is 0 Å². The van der Waals surface area contributed by atoms with E-state index in [1.807, 2.05) is 0 Å². The molecule has 76 heavy (non-hydrogen) atoms. The first-order chi connectivity index (χ1) is 37.2. The van der Waals surface area contributed by atoms with E-state index >= 15 is 0 Å². The van der Waals surface area contributed by atoms with Crippen molar-refractivity contribution in [3.8, 4) is 22.3 Å². The van der Waals surface area contributed by atoms with E-state index in [0.717, 1.165) is 22.7 Å². The molecule has 4 heterocycles. The van der Waals surface area contributed by atoms with Gasteiger partial charge in [0.25, 0.3) is 0 Å². The van der Waals surface area contributed by atoms with E-state index in [-0.39, 0.29) is 0 Å². The first kappa shape index (κ1) is 44.1. The Morgan fingerprint density at radius 1 is 0.276 bits per heavy atom. The van der Waals surface area contributed by atoms with E-state index in [4.69, 9.17) is 0 Å². The van der Waals surface area contributed by atoms with Crippen LogP contribution in [0.1, 0.15) is 33.4 Å². The molecule has 0 aliphatic carbocycles. The molecule has 0 aliphatic heterocycles. The van der Waals surface area contributed by atoms with Crippen molar-refractivity contribution in [1.29, 1.82) is 0 Å². The summed E-state index contributed by atoms with van der Waals surface area (Å²) < 4.78 is 5.28. The van der Waals surface area contributed by atoms with E-state index < -0.39 is 0 Å². The summed E-state index contributed by atoms with van der Waals surface area (Å²) in [4.78, 5) is 5.03. The molecular weight excluding hydrogens is 921 g/mol. The van der Waals surface area contributed by atoms with Gasteiger partial charge in [-0.25, -0.2) is 0 Å². The molecular formula is C72H54N4. The normalized spacial score (nSPS) is 12.1. The first-order valence-corrected chi connectivity index (χ1v) is 26.6. The summed E-state index contributed by atoms with van der Waals surface area (Å²) in [6.07, 6.45) is 0. The zero-order valence-corrected chi connectivity index (χ0v) is 43.6. The Bertz CT molecular complexity index is 4480. The Morgan fingerprint density at radius 2 is 0.632 bits per heavy atom. The number of nitrogens with zero attached hydrogens (tertiary/aromatic N) is 4. The molecule has 0 N–H and O–H groups in total. The fraction of sp³-hybridized carbons (Fsp3) is 0.0833. The molecule has 4 heteroatoms. The van der Waals surface area contributed by atoms with Crippen molar-refractivity contribution >= 4 is 110 Å². The van der Waals surface area contributed by atoms with Gasteiger partial charge >= 0.3 is 0 Å². The SMILES string of the molecule is Cc1cc(C)cc(N(c2ccccc2C)c2ccc3c4c(-c5ccccc5)c5c(c(-c6ccccc6)c4n4c6ccccc6c2c34)c2ccc(N(c3cc(C)cc(C)c3)c3ccccc3C)c3c4ccccc4n5c23)c1. The average Bonchev–Trinajstić information content (AvgIpc) is 4.03. The molecule has 0 spiro atoms. The molecule has 11 aromatic carbocycles. The van der Waals surface area contributed by atoms with Gasteiger partial charge in [-0.05, 0) is 147 Å². The lowest BCUT2D eigenvalue weighted by Gasteiger charge is -2.28. The number of anilines is 6.